The molecule has 9 nitrogen and oxygen atoms in total. The van der Waals surface area contributed by atoms with Gasteiger partial charge in [-0.2, -0.15) is 0 Å². The van der Waals surface area contributed by atoms with Crippen molar-refractivity contribution in [2.45, 2.75) is 20.0 Å². The predicted molar refractivity (Wildman–Crippen MR) is 79.8 cm³/mol. The van der Waals surface area contributed by atoms with Crippen LogP contribution in [0, 0.1) is 0 Å². The van der Waals surface area contributed by atoms with Gasteiger partial charge in [-0.1, -0.05) is 19.7 Å². The van der Waals surface area contributed by atoms with Gasteiger partial charge in [-0.15, -0.1) is 0 Å². The fourth-order valence-electron chi connectivity index (χ4n) is 0.242. The van der Waals surface area contributed by atoms with Crippen molar-refractivity contribution in [3.8, 4) is 0 Å². The van der Waals surface area contributed by atoms with Crippen LogP contribution in [0.25, 0.3) is 0 Å². The van der Waals surface area contributed by atoms with Crippen LogP contribution in [-0.2, 0) is 24.2 Å². The highest BCUT2D eigenvalue weighted by molar-refractivity contribution is 5.88. The van der Waals surface area contributed by atoms with Gasteiger partial charge in [0.05, 0.1) is 13.2 Å². The van der Waals surface area contributed by atoms with Gasteiger partial charge in [0.15, 0.2) is 0 Å². The van der Waals surface area contributed by atoms with Crippen LogP contribution in [0.2, 0.25) is 0 Å². The molecular weight excluding hydrogens is 312 g/mol. The van der Waals surface area contributed by atoms with Crippen molar-refractivity contribution < 1.29 is 44.6 Å². The van der Waals surface area contributed by atoms with E-state index in [2.05, 4.69) is 29.5 Å². The summed E-state index contributed by atoms with van der Waals surface area (Å²) in [6.45, 7) is 11.7. The number of hydrogen-bond donors (Lipinski definition) is 4. The largest absolute Gasteiger partial charge is 0.478 e. The van der Waals surface area contributed by atoms with Gasteiger partial charge in [0, 0.05) is 17.2 Å². The molecule has 0 aliphatic carbocycles. The molecule has 0 unspecified atom stereocenters. The molecule has 0 spiro atoms. The second-order valence-electron chi connectivity index (χ2n) is 3.86. The summed E-state index contributed by atoms with van der Waals surface area (Å²) in [4.78, 5) is 38.4. The molecule has 0 aromatic heterocycles. The zero-order valence-corrected chi connectivity index (χ0v) is 13.0. The number of carbonyl (C=O) groups is 3. The predicted octanol–water partition coefficient (Wildman–Crippen LogP) is -0.271. The SMILES string of the molecule is C=C(C)C(=O)O.C=CC(=O)OOC(=O)C(=C)C.OCC(O)CO. The molecule has 23 heavy (non-hydrogen) atoms. The molecule has 0 aromatic carbocycles. The van der Waals surface area contributed by atoms with E-state index in [1.54, 1.807) is 0 Å². The summed E-state index contributed by atoms with van der Waals surface area (Å²) in [6.07, 6.45) is -0.0730. The normalized spacial score (nSPS) is 8.43. The number of carboxylic acids is 1. The standard InChI is InChI=1S/C7H8O4.C4H6O2.C3H8O3/c1-4-6(8)10-11-7(9)5(2)3;1-3(2)4(5)6;4-1-3(6)2-5/h4H,1-2H2,3H3;1H2,2H3,(H,5,6);3-6H,1-2H2. The van der Waals surface area contributed by atoms with Crippen LogP contribution in [0.5, 0.6) is 0 Å². The Bertz CT molecular complexity index is 410. The van der Waals surface area contributed by atoms with E-state index >= 15 is 0 Å². The van der Waals surface area contributed by atoms with Gasteiger partial charge in [0.2, 0.25) is 0 Å². The Hall–Kier alpha value is -2.49. The Morgan fingerprint density at radius 3 is 1.61 bits per heavy atom. The van der Waals surface area contributed by atoms with Gasteiger partial charge < -0.3 is 20.4 Å². The average molecular weight is 334 g/mol. The fourth-order valence-corrected chi connectivity index (χ4v) is 0.242. The molecule has 0 atom stereocenters. The van der Waals surface area contributed by atoms with Crippen molar-refractivity contribution in [1.29, 1.82) is 0 Å². The average Bonchev–Trinajstić information content (AvgIpc) is 2.52. The third-order valence-corrected chi connectivity index (χ3v) is 1.50. The molecule has 0 radical (unpaired) electrons. The fraction of sp³-hybridized carbons (Fsp3) is 0.357. The van der Waals surface area contributed by atoms with E-state index in [1.165, 1.54) is 13.8 Å². The Morgan fingerprint density at radius 2 is 1.43 bits per heavy atom. The van der Waals surface area contributed by atoms with E-state index in [9.17, 15) is 14.4 Å². The quantitative estimate of drug-likeness (QED) is 0.302. The van der Waals surface area contributed by atoms with Gasteiger partial charge >= 0.3 is 17.9 Å². The maximum Gasteiger partial charge on any atom is 0.381 e. The number of rotatable bonds is 5. The highest BCUT2D eigenvalue weighted by Gasteiger charge is 2.06. The first-order chi connectivity index (χ1) is 10.5. The summed E-state index contributed by atoms with van der Waals surface area (Å²) in [5.41, 5.74) is 0.330. The number of carbonyl (C=O) groups excluding carboxylic acids is 2. The van der Waals surface area contributed by atoms with Crippen LogP contribution >= 0.6 is 0 Å². The molecule has 4 N–H and O–H groups in total. The molecule has 0 bridgehead atoms. The van der Waals surface area contributed by atoms with Gasteiger partial charge in [0.25, 0.3) is 0 Å². The Balaban J connectivity index is -0.000000284. The molecule has 0 saturated heterocycles. The summed E-state index contributed by atoms with van der Waals surface area (Å²) < 4.78 is 0. The van der Waals surface area contributed by atoms with Crippen molar-refractivity contribution in [1.82, 2.24) is 0 Å². The van der Waals surface area contributed by atoms with Crippen molar-refractivity contribution in [3.05, 3.63) is 37.0 Å². The molecule has 0 saturated carbocycles. The van der Waals surface area contributed by atoms with Gasteiger partial charge in [-0.25, -0.2) is 24.2 Å². The van der Waals surface area contributed by atoms with Gasteiger partial charge in [0.1, 0.15) is 6.10 Å². The van der Waals surface area contributed by atoms with Crippen LogP contribution < -0.4 is 0 Å². The number of carboxylic acid groups (broad SMARTS) is 1. The molecule has 9 heteroatoms. The molecule has 0 aromatic rings. The lowest BCUT2D eigenvalue weighted by Crippen LogP contribution is -2.15. The molecule has 0 amide bonds. The number of aliphatic hydroxyl groups is 3. The minimum Gasteiger partial charge on any atom is -0.478 e. The third-order valence-electron chi connectivity index (χ3n) is 1.50. The summed E-state index contributed by atoms with van der Waals surface area (Å²) in [5.74, 6) is -2.53. The van der Waals surface area contributed by atoms with Crippen LogP contribution in [0.1, 0.15) is 13.8 Å². The highest BCUT2D eigenvalue weighted by atomic mass is 17.2. The Morgan fingerprint density at radius 1 is 1.04 bits per heavy atom. The molecule has 0 heterocycles. The monoisotopic (exact) mass is 334 g/mol. The lowest BCUT2D eigenvalue weighted by Gasteiger charge is -1.98. The first kappa shape index (κ1) is 25.5. The first-order valence-corrected chi connectivity index (χ1v) is 6.02. The first-order valence-electron chi connectivity index (χ1n) is 6.02. The zero-order valence-electron chi connectivity index (χ0n) is 13.0. The van der Waals surface area contributed by atoms with Crippen LogP contribution in [0.4, 0.5) is 0 Å². The maximum atomic E-state index is 10.5. The minimum absolute atomic E-state index is 0.155. The van der Waals surface area contributed by atoms with E-state index in [4.69, 9.17) is 20.4 Å². The summed E-state index contributed by atoms with van der Waals surface area (Å²) >= 11 is 0. The van der Waals surface area contributed by atoms with Gasteiger partial charge in [-0.3, -0.25) is 0 Å². The maximum absolute atomic E-state index is 10.5. The van der Waals surface area contributed by atoms with Crippen LogP contribution in [0.3, 0.4) is 0 Å². The second kappa shape index (κ2) is 15.9. The van der Waals surface area contributed by atoms with Crippen molar-refractivity contribution in [3.63, 3.8) is 0 Å². The molecule has 0 aliphatic rings. The highest BCUT2D eigenvalue weighted by Crippen LogP contribution is 1.92. The Labute approximate surface area is 133 Å². The van der Waals surface area contributed by atoms with E-state index in [-0.39, 0.29) is 24.4 Å². The minimum atomic E-state index is -0.954. The lowest BCUT2D eigenvalue weighted by atomic mass is 10.4. The molecule has 0 fully saturated rings. The van der Waals surface area contributed by atoms with E-state index in [1.807, 2.05) is 0 Å². The zero-order chi connectivity index (χ0) is 19.0. The number of hydrogen-bond acceptors (Lipinski definition) is 8. The Kier molecular flexibility index (Phi) is 17.6. The van der Waals surface area contributed by atoms with Crippen LogP contribution in [-0.4, -0.2) is 57.7 Å². The molecule has 0 aliphatic heterocycles. The van der Waals surface area contributed by atoms with Crippen molar-refractivity contribution in [2.24, 2.45) is 0 Å². The van der Waals surface area contributed by atoms with Crippen LogP contribution in [0.15, 0.2) is 37.0 Å². The molecular formula is C14H22O9. The number of aliphatic carboxylic acids is 1. The third kappa shape index (κ3) is 21.9. The summed E-state index contributed by atoms with van der Waals surface area (Å²) in [6, 6.07) is 0. The summed E-state index contributed by atoms with van der Waals surface area (Å²) in [7, 11) is 0. The van der Waals surface area contributed by atoms with Crippen molar-refractivity contribution in [2.75, 3.05) is 13.2 Å². The topological polar surface area (TPSA) is 151 Å². The smallest absolute Gasteiger partial charge is 0.381 e. The summed E-state index contributed by atoms with van der Waals surface area (Å²) in [5, 5.41) is 31.9. The van der Waals surface area contributed by atoms with E-state index in [0.717, 1.165) is 6.08 Å². The van der Waals surface area contributed by atoms with E-state index in [0.29, 0.717) is 0 Å². The lowest BCUT2D eigenvalue weighted by molar-refractivity contribution is -0.251. The van der Waals surface area contributed by atoms with E-state index < -0.39 is 24.0 Å². The second-order valence-corrected chi connectivity index (χ2v) is 3.86. The molecule has 0 rings (SSSR count). The van der Waals surface area contributed by atoms with Crippen molar-refractivity contribution >= 4 is 17.9 Å². The van der Waals surface area contributed by atoms with Gasteiger partial charge in [-0.05, 0) is 13.8 Å². The number of aliphatic hydroxyl groups excluding tert-OH is 3. The molecule has 132 valence electrons.